The van der Waals surface area contributed by atoms with Gasteiger partial charge in [-0.2, -0.15) is 5.26 Å². The van der Waals surface area contributed by atoms with Crippen molar-refractivity contribution in [3.8, 4) is 6.19 Å². The highest BCUT2D eigenvalue weighted by atomic mass is 79.9. The van der Waals surface area contributed by atoms with Gasteiger partial charge in [0.05, 0.1) is 5.69 Å². The number of likely N-dealkylation sites (tertiary alicyclic amines) is 1. The zero-order valence-electron chi connectivity index (χ0n) is 18.3. The third-order valence-corrected chi connectivity index (χ3v) is 6.80. The first-order valence-electron chi connectivity index (χ1n) is 11.2. The van der Waals surface area contributed by atoms with E-state index in [9.17, 15) is 5.26 Å². The summed E-state index contributed by atoms with van der Waals surface area (Å²) in [6.07, 6.45) is 9.77. The Hall–Kier alpha value is -2.36. The van der Waals surface area contributed by atoms with Gasteiger partial charge in [0, 0.05) is 40.9 Å². The molecule has 32 heavy (non-hydrogen) atoms. The summed E-state index contributed by atoms with van der Waals surface area (Å²) in [5.41, 5.74) is 7.55. The van der Waals surface area contributed by atoms with Gasteiger partial charge in [-0.3, -0.25) is 15.3 Å². The highest BCUT2D eigenvalue weighted by Crippen LogP contribution is 2.39. The molecule has 1 fully saturated rings. The fourth-order valence-electron chi connectivity index (χ4n) is 4.51. The number of nitrogens with zero attached hydrogens (tertiary/aromatic N) is 4. The molecule has 0 amide bonds. The summed E-state index contributed by atoms with van der Waals surface area (Å²) in [6, 6.07) is 8.43. The van der Waals surface area contributed by atoms with Crippen LogP contribution in [0, 0.1) is 11.5 Å². The number of aliphatic imine (C=N–C) groups is 1. The first kappa shape index (κ1) is 22.8. The lowest BCUT2D eigenvalue weighted by Crippen LogP contribution is -2.43. The van der Waals surface area contributed by atoms with Gasteiger partial charge in [-0.1, -0.05) is 36.6 Å². The summed E-state index contributed by atoms with van der Waals surface area (Å²) in [6.45, 7) is 4.54. The molecule has 0 radical (unpaired) electrons. The molecule has 7 heteroatoms. The van der Waals surface area contributed by atoms with Crippen LogP contribution < -0.4 is 5.32 Å². The van der Waals surface area contributed by atoms with Crippen LogP contribution in [0.1, 0.15) is 55.0 Å². The zero-order chi connectivity index (χ0) is 22.5. The number of halogens is 2. The van der Waals surface area contributed by atoms with Crippen molar-refractivity contribution >= 4 is 39.1 Å². The minimum absolute atomic E-state index is 0.695. The van der Waals surface area contributed by atoms with Crippen LogP contribution in [0.25, 0.3) is 5.57 Å². The first-order valence-corrected chi connectivity index (χ1v) is 12.4. The van der Waals surface area contributed by atoms with Gasteiger partial charge in [0.2, 0.25) is 5.96 Å². The molecular weight excluding hydrogens is 486 g/mol. The summed E-state index contributed by atoms with van der Waals surface area (Å²) >= 11 is 9.93. The monoisotopic (exact) mass is 511 g/mol. The fraction of sp³-hybridized carbons (Fsp3) is 0.400. The maximum Gasteiger partial charge on any atom is 0.207 e. The molecule has 1 aliphatic carbocycles. The number of fused-ring (bicyclic) bond motifs is 2. The number of hydrogen-bond donors (Lipinski definition) is 1. The van der Waals surface area contributed by atoms with Crippen LogP contribution in [-0.2, 0) is 12.8 Å². The highest BCUT2D eigenvalue weighted by Gasteiger charge is 2.26. The Kier molecular flexibility index (Phi) is 7.49. The number of unbranched alkanes of at least 4 members (excludes halogenated alkanes) is 1. The predicted molar refractivity (Wildman–Crippen MR) is 134 cm³/mol. The number of piperidine rings is 1. The number of benzene rings is 1. The molecule has 4 rings (SSSR count). The topological polar surface area (TPSA) is 64.3 Å². The molecule has 1 saturated heterocycles. The SMILES string of the molecule is CCCCN=C(NC#N)N1CCC(=C2c3ccc(Cl)cc3CCc3cc(Br)cnc32)CC1. The predicted octanol–water partition coefficient (Wildman–Crippen LogP) is 5.72. The van der Waals surface area contributed by atoms with Gasteiger partial charge < -0.3 is 4.90 Å². The van der Waals surface area contributed by atoms with Crippen molar-refractivity contribution in [3.05, 3.63) is 67.9 Å². The lowest BCUT2D eigenvalue weighted by atomic mass is 9.88. The number of pyridine rings is 1. The van der Waals surface area contributed by atoms with Crippen molar-refractivity contribution < 1.29 is 0 Å². The van der Waals surface area contributed by atoms with Gasteiger partial charge >= 0.3 is 0 Å². The maximum atomic E-state index is 9.17. The van der Waals surface area contributed by atoms with Crippen molar-refractivity contribution in [1.29, 1.82) is 5.26 Å². The Labute approximate surface area is 203 Å². The van der Waals surface area contributed by atoms with E-state index in [1.165, 1.54) is 27.8 Å². The van der Waals surface area contributed by atoms with E-state index < -0.39 is 0 Å². The minimum Gasteiger partial charge on any atom is -0.342 e. The van der Waals surface area contributed by atoms with Gasteiger partial charge in [0.1, 0.15) is 0 Å². The lowest BCUT2D eigenvalue weighted by Gasteiger charge is -2.32. The molecule has 1 aliphatic heterocycles. The van der Waals surface area contributed by atoms with Crippen molar-refractivity contribution in [2.75, 3.05) is 19.6 Å². The number of nitrogens with one attached hydrogen (secondary N) is 1. The Morgan fingerprint density at radius 3 is 2.75 bits per heavy atom. The summed E-state index contributed by atoms with van der Waals surface area (Å²) in [5, 5.41) is 12.7. The molecule has 0 saturated carbocycles. The van der Waals surface area contributed by atoms with Crippen LogP contribution in [0.15, 0.2) is 45.5 Å². The van der Waals surface area contributed by atoms with Crippen LogP contribution in [-0.4, -0.2) is 35.5 Å². The molecule has 1 aromatic heterocycles. The van der Waals surface area contributed by atoms with Gasteiger partial charge in [-0.05, 0) is 82.9 Å². The second kappa shape index (κ2) is 10.5. The summed E-state index contributed by atoms with van der Waals surface area (Å²) in [5.74, 6) is 0.695. The normalized spacial score (nSPS) is 16.2. The molecule has 0 atom stereocenters. The van der Waals surface area contributed by atoms with Gasteiger partial charge in [-0.25, -0.2) is 0 Å². The quantitative estimate of drug-likeness (QED) is 0.188. The maximum absolute atomic E-state index is 9.17. The van der Waals surface area contributed by atoms with Crippen molar-refractivity contribution in [1.82, 2.24) is 15.2 Å². The van der Waals surface area contributed by atoms with E-state index >= 15 is 0 Å². The van der Waals surface area contributed by atoms with E-state index in [1.807, 2.05) is 12.3 Å². The van der Waals surface area contributed by atoms with E-state index in [-0.39, 0.29) is 0 Å². The first-order chi connectivity index (χ1) is 15.6. The van der Waals surface area contributed by atoms with E-state index in [4.69, 9.17) is 16.6 Å². The summed E-state index contributed by atoms with van der Waals surface area (Å²) < 4.78 is 1.01. The third kappa shape index (κ3) is 5.00. The summed E-state index contributed by atoms with van der Waals surface area (Å²) in [4.78, 5) is 11.7. The van der Waals surface area contributed by atoms with Gasteiger partial charge in [0.15, 0.2) is 6.19 Å². The molecule has 1 aromatic carbocycles. The molecule has 2 aliphatic rings. The van der Waals surface area contributed by atoms with E-state index in [1.54, 1.807) is 0 Å². The Morgan fingerprint density at radius 2 is 2.00 bits per heavy atom. The van der Waals surface area contributed by atoms with Crippen LogP contribution >= 0.6 is 27.5 Å². The van der Waals surface area contributed by atoms with Crippen molar-refractivity contribution in [2.45, 2.75) is 45.4 Å². The molecule has 0 unspecified atom stereocenters. The average Bonchev–Trinajstić information content (AvgIpc) is 2.95. The van der Waals surface area contributed by atoms with Gasteiger partial charge in [0.25, 0.3) is 0 Å². The average molecular weight is 513 g/mol. The Morgan fingerprint density at radius 1 is 1.22 bits per heavy atom. The van der Waals surface area contributed by atoms with Crippen LogP contribution in [0.5, 0.6) is 0 Å². The number of hydrogen-bond acceptors (Lipinski definition) is 3. The number of nitriles is 1. The highest BCUT2D eigenvalue weighted by molar-refractivity contribution is 9.10. The fourth-order valence-corrected chi connectivity index (χ4v) is 5.09. The van der Waals surface area contributed by atoms with E-state index in [0.717, 1.165) is 73.3 Å². The molecule has 0 spiro atoms. The number of aryl methyl sites for hydroxylation is 2. The number of rotatable bonds is 3. The second-order valence-electron chi connectivity index (χ2n) is 8.22. The smallest absolute Gasteiger partial charge is 0.207 e. The molecule has 5 nitrogen and oxygen atoms in total. The van der Waals surface area contributed by atoms with Crippen LogP contribution in [0.3, 0.4) is 0 Å². The third-order valence-electron chi connectivity index (χ3n) is 6.13. The number of guanidine groups is 1. The Balaban J connectivity index is 1.69. The second-order valence-corrected chi connectivity index (χ2v) is 9.58. The molecule has 2 aromatic rings. The lowest BCUT2D eigenvalue weighted by molar-refractivity contribution is 0.379. The van der Waals surface area contributed by atoms with Crippen LogP contribution in [0.2, 0.25) is 5.02 Å². The van der Waals surface area contributed by atoms with Gasteiger partial charge in [-0.15, -0.1) is 0 Å². The molecular formula is C25H27BrClN5. The molecule has 166 valence electrons. The van der Waals surface area contributed by atoms with Crippen LogP contribution in [0.4, 0.5) is 0 Å². The van der Waals surface area contributed by atoms with E-state index in [2.05, 4.69) is 62.5 Å². The molecule has 0 bridgehead atoms. The Bertz CT molecular complexity index is 1040. The van der Waals surface area contributed by atoms with Crippen molar-refractivity contribution in [2.24, 2.45) is 4.99 Å². The minimum atomic E-state index is 0.695. The largest absolute Gasteiger partial charge is 0.342 e. The zero-order valence-corrected chi connectivity index (χ0v) is 20.6. The standard InChI is InChI=1S/C25H27BrClN5/c1-2-3-10-29-25(31-16-28)32-11-8-17(9-12-32)23-22-7-6-21(27)14-18(22)4-5-19-13-20(26)15-30-24(19)23/h6-7,13-15H,2-5,8-12H2,1H3,(H,29,31). The summed E-state index contributed by atoms with van der Waals surface area (Å²) in [7, 11) is 0. The molecule has 2 heterocycles. The molecule has 1 N–H and O–H groups in total. The van der Waals surface area contributed by atoms with Crippen molar-refractivity contribution in [3.63, 3.8) is 0 Å². The van der Waals surface area contributed by atoms with E-state index in [0.29, 0.717) is 5.96 Å². The number of aromatic nitrogens is 1.